The number of halogens is 1. The first-order valence-corrected chi connectivity index (χ1v) is 33.3. The van der Waals surface area contributed by atoms with Gasteiger partial charge in [-0.2, -0.15) is 0 Å². The highest BCUT2D eigenvalue weighted by Crippen LogP contribution is 2.60. The van der Waals surface area contributed by atoms with Crippen LogP contribution in [0.15, 0.2) is 80.4 Å². The van der Waals surface area contributed by atoms with Crippen molar-refractivity contribution >= 4 is 96.8 Å². The molecule has 36 heteroatoms. The summed E-state index contributed by atoms with van der Waals surface area (Å²) in [6.45, 7) is -1.85. The molecule has 0 aliphatic carbocycles. The molecule has 6 aromatic heterocycles. The monoisotopic (exact) mass is 1280 g/mol. The van der Waals surface area contributed by atoms with Crippen LogP contribution in [-0.2, 0) is 81.3 Å². The van der Waals surface area contributed by atoms with E-state index in [1.165, 1.54) is 43.3 Å². The number of amides is 1. The standard InChI is InChI=1S/C27H30FN9O9P2S2.C21H24N5O4P.CH4O.2H3N/c1-13-27-8-41-48(39,50)45-19-15-7-40-47(38,49)46-21(27)20(42-13)26(44-27)37-11-34-17-14(30-9-32-23(17)37)5-3-2-4-6-29-22-18-24(33-10-31-22)36(12-35-18)25(43-15)16(19)28;1-12-21(2)16(30-31(3)4)15(28-12)20(29-21)26-11-24-14-17(22-10-23-18(14)26)25-19(27)13-8-6-5-7-9-13;1-2;;/h2,4,9-13,15-16,19-21,25-26H,3,5-8H2,1H3,(H,38,49)(H,39,50)(H,29,31,33);5-12,15-16,20H,1-4H3,(H,22,23,25,27);2H,1H3;2*1H3/b4-2+;;;;/t13-,15+,16+,19+,20?,21-,25?,26+,27-,47?,48?;12-,15+,16-,20+,21-;;;/m00.../s1/i;2D;2T;;. The number of allylic oxidation sites excluding steroid dienone is 1. The summed E-state index contributed by atoms with van der Waals surface area (Å²) in [5.41, 5.74) is 1.37. The summed E-state index contributed by atoms with van der Waals surface area (Å²) in [6, 6.07) is 8.90. The van der Waals surface area contributed by atoms with Crippen LogP contribution in [0.1, 0.15) is 63.3 Å². The number of aromatic nitrogens is 12. The van der Waals surface area contributed by atoms with E-state index < -0.39 is 108 Å². The Labute approximate surface area is 499 Å². The summed E-state index contributed by atoms with van der Waals surface area (Å²) in [5, 5.41) is 9.51. The number of aliphatic hydroxyl groups excluding tert-OH is 1. The molecule has 6 saturated heterocycles. The zero-order chi connectivity index (χ0) is 59.6. The molecular weight excluding hydrogens is 1210 g/mol. The fourth-order valence-electron chi connectivity index (χ4n) is 11.2. The Morgan fingerprint density at radius 2 is 1.53 bits per heavy atom. The average molecular weight is 1280 g/mol. The number of rotatable bonds is 5. The SMILES string of the molecule is C[C@@H]1OC2[C@H]3O[C@@]14COP(=O)([S-])O[C@@H]1[C@@H](COP([O-])(=S)O[C@@H]24)OC([C@@H]1F)n1cnc2c(ncnc21)NC/C=C/CCc1ncnc2c1ncn23.[2H]C[C@]12O[C@@H](n3cnc4c(NC(=O)c5ccccc5)ncnc43)[C@H](O[C@H]1C)[C@@H]2OP(C)C.[3H]OC.[NH4+].[NH4+]. The highest BCUT2D eigenvalue weighted by Gasteiger charge is 2.68. The first-order valence-electron chi connectivity index (χ1n) is 27.1. The number of nitrogens with zero attached hydrogens (tertiary/aromatic N) is 12. The number of benzene rings is 1. The summed E-state index contributed by atoms with van der Waals surface area (Å²) < 4.78 is 110. The van der Waals surface area contributed by atoms with Crippen LogP contribution in [-0.4, -0.2) is 177 Å². The molecule has 1 aromatic carbocycles. The molecule has 85 heavy (non-hydrogen) atoms. The maximum atomic E-state index is 16.4. The Morgan fingerprint density at radius 1 is 0.882 bits per heavy atom. The second kappa shape index (κ2) is 24.8. The molecule has 1 spiro atoms. The van der Waals surface area contributed by atoms with E-state index in [1.54, 1.807) is 46.7 Å². The van der Waals surface area contributed by atoms with Crippen molar-refractivity contribution in [3.63, 3.8) is 0 Å². The molecule has 0 saturated carbocycles. The Kier molecular flexibility index (Phi) is 17.6. The van der Waals surface area contributed by atoms with Crippen LogP contribution in [0.4, 0.5) is 16.0 Å². The average Bonchev–Trinajstić information content (AvgIpc) is 1.57. The number of nitrogens with one attached hydrogen (secondary N) is 2. The Hall–Kier alpha value is -5.09. The summed E-state index contributed by atoms with van der Waals surface area (Å²) in [5.74, 6) is 0.438. The summed E-state index contributed by atoms with van der Waals surface area (Å²) >= 11 is 10.6. The van der Waals surface area contributed by atoms with E-state index >= 15 is 4.39 Å². The van der Waals surface area contributed by atoms with Crippen molar-refractivity contribution in [1.82, 2.24) is 70.9 Å². The van der Waals surface area contributed by atoms with Gasteiger partial charge < -0.3 is 91.5 Å². The van der Waals surface area contributed by atoms with Crippen molar-refractivity contribution < 1.29 is 71.4 Å². The Balaban J connectivity index is 0.000000196. The fraction of sp³-hybridized carbons (Fsp3) is 0.510. The van der Waals surface area contributed by atoms with Crippen molar-refractivity contribution in [3.8, 4) is 0 Å². The van der Waals surface area contributed by atoms with Crippen LogP contribution >= 0.6 is 21.7 Å². The highest BCUT2D eigenvalue weighted by atomic mass is 32.7. The molecule has 0 radical (unpaired) electrons. The number of hydrogen-bond acceptors (Lipinski definition) is 26. The third-order valence-corrected chi connectivity index (χ3v) is 18.9. The Bertz CT molecular complexity index is 3750. The number of imidazole rings is 3. The minimum absolute atomic E-state index is 0. The molecule has 1 amide bonds. The first kappa shape index (κ1) is 60.2. The normalized spacial score (nSPS) is 35.3. The lowest BCUT2D eigenvalue weighted by Gasteiger charge is -2.41. The molecule has 14 heterocycles. The van der Waals surface area contributed by atoms with Gasteiger partial charge in [0.2, 0.25) is 1.43 Å². The molecule has 11 N–H and O–H groups in total. The van der Waals surface area contributed by atoms with Crippen molar-refractivity contribution in [1.29, 1.82) is 1.43 Å². The molecule has 16 atom stereocenters. The summed E-state index contributed by atoms with van der Waals surface area (Å²) in [6.07, 6.45) is 2.12. The third kappa shape index (κ3) is 11.4. The number of quaternary nitrogens is 2. The number of aliphatic hydroxyl groups is 1. The lowest BCUT2D eigenvalue weighted by molar-refractivity contribution is -0.225. The molecule has 17 bridgehead atoms. The molecule has 15 rings (SSSR count). The topological polar surface area (TPSA) is 398 Å². The number of carbonyl (C=O) groups is 1. The van der Waals surface area contributed by atoms with E-state index in [9.17, 15) is 14.3 Å². The van der Waals surface area contributed by atoms with Crippen LogP contribution in [0.5, 0.6) is 0 Å². The second-order valence-corrected chi connectivity index (χ2v) is 27.5. The number of anilines is 2. The fourth-order valence-corrected chi connectivity index (χ4v) is 14.8. The van der Waals surface area contributed by atoms with Crippen molar-refractivity contribution in [2.24, 2.45) is 0 Å². The van der Waals surface area contributed by atoms with Crippen molar-refractivity contribution in [3.05, 3.63) is 91.7 Å². The number of fused-ring (bicyclic) bond motifs is 13. The molecule has 8 aliphatic rings. The van der Waals surface area contributed by atoms with Gasteiger partial charge in [-0.3, -0.25) is 23.1 Å². The van der Waals surface area contributed by atoms with Gasteiger partial charge in [0.1, 0.15) is 79.0 Å². The number of ether oxygens (including phenoxy) is 5. The smallest absolute Gasteiger partial charge is 0.256 e. The molecular formula is C49H64FN16O14P3S2. The quantitative estimate of drug-likeness (QED) is 0.0808. The van der Waals surface area contributed by atoms with Gasteiger partial charge >= 0.3 is 0 Å². The van der Waals surface area contributed by atoms with E-state index in [0.717, 1.165) is 0 Å². The number of alkyl halides is 1. The predicted octanol–water partition coefficient (Wildman–Crippen LogP) is 5.48. The van der Waals surface area contributed by atoms with Gasteiger partial charge in [-0.05, 0) is 59.1 Å². The number of hydrogen-bond donors (Lipinski definition) is 5. The van der Waals surface area contributed by atoms with E-state index in [0.29, 0.717) is 70.1 Å². The van der Waals surface area contributed by atoms with Crippen molar-refractivity contribution in [2.75, 3.05) is 50.8 Å². The van der Waals surface area contributed by atoms with Crippen LogP contribution < -0.4 is 27.8 Å². The molecule has 8 aliphatic heterocycles. The van der Waals surface area contributed by atoms with Crippen LogP contribution in [0.2, 0.25) is 0 Å². The van der Waals surface area contributed by atoms with Gasteiger partial charge in [0.15, 0.2) is 71.3 Å². The maximum absolute atomic E-state index is 16.4. The third-order valence-electron chi connectivity index (χ3n) is 15.2. The predicted molar refractivity (Wildman–Crippen MR) is 310 cm³/mol. The van der Waals surface area contributed by atoms with Crippen LogP contribution in [0.25, 0.3) is 33.5 Å². The van der Waals surface area contributed by atoms with E-state index in [4.69, 9.17) is 73.2 Å². The van der Waals surface area contributed by atoms with Gasteiger partial charge in [0.05, 0.1) is 50.1 Å². The van der Waals surface area contributed by atoms with Gasteiger partial charge in [-0.25, -0.2) is 49.2 Å². The lowest BCUT2D eigenvalue weighted by atomic mass is 9.94. The van der Waals surface area contributed by atoms with Gasteiger partial charge in [0, 0.05) is 28.7 Å². The number of aryl methyl sites for hydroxylation is 1. The number of carbonyl (C=O) groups excluding carboxylic acids is 1. The van der Waals surface area contributed by atoms with Gasteiger partial charge in [0.25, 0.3) is 5.91 Å². The molecule has 6 fully saturated rings. The van der Waals surface area contributed by atoms with Crippen LogP contribution in [0, 0.1) is 0 Å². The minimum atomic E-state index is -4.47. The summed E-state index contributed by atoms with van der Waals surface area (Å²) in [7, 11) is 0.621. The zero-order valence-corrected chi connectivity index (χ0v) is 51.1. The van der Waals surface area contributed by atoms with Crippen LogP contribution in [0.3, 0.4) is 0 Å². The zero-order valence-electron chi connectivity index (χ0n) is 48.8. The molecule has 458 valence electrons. The Morgan fingerprint density at radius 3 is 2.26 bits per heavy atom. The maximum Gasteiger partial charge on any atom is 0.256 e. The van der Waals surface area contributed by atoms with E-state index in [2.05, 4.69) is 60.6 Å². The molecule has 30 nitrogen and oxygen atoms in total. The molecule has 7 aromatic rings. The second-order valence-electron chi connectivity index (χ2n) is 20.3. The van der Waals surface area contributed by atoms with Gasteiger partial charge in [-0.1, -0.05) is 42.2 Å². The lowest BCUT2D eigenvalue weighted by Crippen LogP contribution is -2.51. The van der Waals surface area contributed by atoms with E-state index in [-0.39, 0.29) is 43.0 Å². The molecule has 4 unspecified atom stereocenters. The summed E-state index contributed by atoms with van der Waals surface area (Å²) in [4.78, 5) is 66.0. The van der Waals surface area contributed by atoms with Gasteiger partial charge in [-0.15, -0.1) is 0 Å². The highest BCUT2D eigenvalue weighted by molar-refractivity contribution is 8.32. The van der Waals surface area contributed by atoms with E-state index in [1.807, 2.05) is 38.5 Å². The first-order chi connectivity index (χ1) is 40.9. The van der Waals surface area contributed by atoms with Crippen molar-refractivity contribution in [2.45, 2.75) is 118 Å². The largest absolute Gasteiger partial charge is 0.780 e. The minimum Gasteiger partial charge on any atom is -0.780 e.